The summed E-state index contributed by atoms with van der Waals surface area (Å²) < 4.78 is 28.9. The molecular formula is C16H26F2N2O2. The minimum Gasteiger partial charge on any atom is -0.469 e. The van der Waals surface area contributed by atoms with Gasteiger partial charge in [0, 0.05) is 44.7 Å². The van der Waals surface area contributed by atoms with Crippen LogP contribution in [0.3, 0.4) is 0 Å². The fraction of sp³-hybridized carbons (Fsp3) is 0.688. The number of carbonyl (C=O) groups is 1. The highest BCUT2D eigenvalue weighted by molar-refractivity contribution is 5.69. The van der Waals surface area contributed by atoms with Gasteiger partial charge in [0.1, 0.15) is 0 Å². The molecule has 0 saturated carbocycles. The lowest BCUT2D eigenvalue weighted by molar-refractivity contribution is -0.140. The first-order chi connectivity index (χ1) is 10.6. The van der Waals surface area contributed by atoms with Gasteiger partial charge in [-0.3, -0.25) is 9.69 Å². The summed E-state index contributed by atoms with van der Waals surface area (Å²) in [6, 6.07) is 0. The number of ether oxygens (including phenoxy) is 1. The summed E-state index contributed by atoms with van der Waals surface area (Å²) >= 11 is 0. The topological polar surface area (TPSA) is 32.8 Å². The molecule has 1 aliphatic heterocycles. The van der Waals surface area contributed by atoms with Gasteiger partial charge in [-0.05, 0) is 26.0 Å². The van der Waals surface area contributed by atoms with E-state index < -0.39 is 6.43 Å². The molecule has 0 spiro atoms. The first kappa shape index (κ1) is 18.6. The maximum atomic E-state index is 12.2. The Morgan fingerprint density at radius 1 is 1.27 bits per heavy atom. The molecule has 1 rings (SSSR count). The van der Waals surface area contributed by atoms with Crippen LogP contribution in [-0.4, -0.2) is 62.0 Å². The molecule has 4 nitrogen and oxygen atoms in total. The third kappa shape index (κ3) is 7.02. The Morgan fingerprint density at radius 3 is 2.50 bits per heavy atom. The molecule has 0 aliphatic carbocycles. The molecule has 0 N–H and O–H groups in total. The van der Waals surface area contributed by atoms with Crippen LogP contribution < -0.4 is 0 Å². The second-order valence-electron chi connectivity index (χ2n) is 5.25. The second kappa shape index (κ2) is 10.3. The standard InChI is InChI=1S/C16H26F2N2O2/c1-3-14(6-4-7-15(17)18)20-12-10-19(11-13-20)9-5-8-16(21)22-2/h3-4,6,15H,5,7-13H2,1-2H3. The van der Waals surface area contributed by atoms with Crippen LogP contribution in [0, 0.1) is 0 Å². The van der Waals surface area contributed by atoms with E-state index in [0.717, 1.165) is 44.8 Å². The zero-order valence-corrected chi connectivity index (χ0v) is 13.4. The first-order valence-corrected chi connectivity index (χ1v) is 7.72. The highest BCUT2D eigenvalue weighted by Crippen LogP contribution is 2.13. The third-order valence-electron chi connectivity index (χ3n) is 3.72. The number of rotatable bonds is 8. The van der Waals surface area contributed by atoms with Gasteiger partial charge in [-0.25, -0.2) is 8.78 Å². The van der Waals surface area contributed by atoms with E-state index in [1.807, 2.05) is 13.0 Å². The summed E-state index contributed by atoms with van der Waals surface area (Å²) in [5.74, 6) is -0.168. The molecule has 1 saturated heterocycles. The minimum atomic E-state index is -2.29. The van der Waals surface area contributed by atoms with Crippen molar-refractivity contribution >= 4 is 5.97 Å². The van der Waals surface area contributed by atoms with Crippen LogP contribution in [0.5, 0.6) is 0 Å². The van der Waals surface area contributed by atoms with Crippen molar-refractivity contribution in [3.05, 3.63) is 23.9 Å². The summed E-state index contributed by atoms with van der Waals surface area (Å²) in [6.07, 6.45) is 4.02. The number of alkyl halides is 2. The molecule has 0 unspecified atom stereocenters. The van der Waals surface area contributed by atoms with E-state index in [4.69, 9.17) is 0 Å². The van der Waals surface area contributed by atoms with E-state index >= 15 is 0 Å². The van der Waals surface area contributed by atoms with Crippen molar-refractivity contribution in [2.45, 2.75) is 32.6 Å². The Morgan fingerprint density at radius 2 is 1.95 bits per heavy atom. The molecule has 0 aromatic heterocycles. The van der Waals surface area contributed by atoms with Crippen LogP contribution in [0.15, 0.2) is 23.9 Å². The molecule has 0 aromatic rings. The van der Waals surface area contributed by atoms with Crippen molar-refractivity contribution in [2.24, 2.45) is 0 Å². The molecule has 0 atom stereocenters. The van der Waals surface area contributed by atoms with Crippen LogP contribution in [0.2, 0.25) is 0 Å². The van der Waals surface area contributed by atoms with Crippen LogP contribution in [0.4, 0.5) is 8.78 Å². The van der Waals surface area contributed by atoms with Crippen molar-refractivity contribution < 1.29 is 18.3 Å². The number of esters is 1. The second-order valence-corrected chi connectivity index (χ2v) is 5.25. The van der Waals surface area contributed by atoms with Crippen molar-refractivity contribution in [3.63, 3.8) is 0 Å². The third-order valence-corrected chi connectivity index (χ3v) is 3.72. The highest BCUT2D eigenvalue weighted by Gasteiger charge is 2.17. The lowest BCUT2D eigenvalue weighted by Gasteiger charge is -2.36. The predicted molar refractivity (Wildman–Crippen MR) is 82.8 cm³/mol. The van der Waals surface area contributed by atoms with Crippen molar-refractivity contribution in [1.29, 1.82) is 0 Å². The van der Waals surface area contributed by atoms with Gasteiger partial charge in [0.15, 0.2) is 0 Å². The molecule has 0 bridgehead atoms. The Labute approximate surface area is 131 Å². The van der Waals surface area contributed by atoms with E-state index in [1.54, 1.807) is 6.08 Å². The number of hydrogen-bond acceptors (Lipinski definition) is 4. The summed E-state index contributed by atoms with van der Waals surface area (Å²) in [4.78, 5) is 15.6. The number of hydrogen-bond donors (Lipinski definition) is 0. The SMILES string of the molecule is CC=C(C=CCC(F)F)N1CCN(CCCC(=O)OC)CC1. The number of halogens is 2. The zero-order chi connectivity index (χ0) is 16.4. The highest BCUT2D eigenvalue weighted by atomic mass is 19.3. The van der Waals surface area contributed by atoms with Gasteiger partial charge < -0.3 is 9.64 Å². The lowest BCUT2D eigenvalue weighted by Crippen LogP contribution is -2.45. The monoisotopic (exact) mass is 316 g/mol. The number of methoxy groups -OCH3 is 1. The van der Waals surface area contributed by atoms with E-state index in [1.165, 1.54) is 13.2 Å². The number of carbonyl (C=O) groups excluding carboxylic acids is 1. The van der Waals surface area contributed by atoms with Crippen LogP contribution in [-0.2, 0) is 9.53 Å². The lowest BCUT2D eigenvalue weighted by atomic mass is 10.2. The Bertz CT molecular complexity index is 390. The molecule has 126 valence electrons. The molecular weight excluding hydrogens is 290 g/mol. The maximum absolute atomic E-state index is 12.2. The zero-order valence-electron chi connectivity index (χ0n) is 13.4. The maximum Gasteiger partial charge on any atom is 0.305 e. The molecule has 0 amide bonds. The Kier molecular flexibility index (Phi) is 8.74. The van der Waals surface area contributed by atoms with Gasteiger partial charge in [0.25, 0.3) is 0 Å². The van der Waals surface area contributed by atoms with Crippen molar-refractivity contribution in [2.75, 3.05) is 39.8 Å². The van der Waals surface area contributed by atoms with Gasteiger partial charge in [-0.2, -0.15) is 0 Å². The fourth-order valence-corrected chi connectivity index (χ4v) is 2.45. The van der Waals surface area contributed by atoms with Crippen LogP contribution in [0.25, 0.3) is 0 Å². The van der Waals surface area contributed by atoms with Crippen molar-refractivity contribution in [3.8, 4) is 0 Å². The van der Waals surface area contributed by atoms with Gasteiger partial charge in [-0.1, -0.05) is 12.2 Å². The van der Waals surface area contributed by atoms with E-state index in [2.05, 4.69) is 14.5 Å². The minimum absolute atomic E-state index is 0.168. The van der Waals surface area contributed by atoms with E-state index in [0.29, 0.717) is 6.42 Å². The Hall–Kier alpha value is -1.43. The summed E-state index contributed by atoms with van der Waals surface area (Å²) in [5, 5.41) is 0. The summed E-state index contributed by atoms with van der Waals surface area (Å²) in [7, 11) is 1.40. The van der Waals surface area contributed by atoms with Crippen molar-refractivity contribution in [1.82, 2.24) is 9.80 Å². The summed E-state index contributed by atoms with van der Waals surface area (Å²) in [5.41, 5.74) is 0.995. The molecule has 1 heterocycles. The molecule has 1 fully saturated rings. The van der Waals surface area contributed by atoms with Gasteiger partial charge in [0.05, 0.1) is 7.11 Å². The van der Waals surface area contributed by atoms with Crippen LogP contribution >= 0.6 is 0 Å². The predicted octanol–water partition coefficient (Wildman–Crippen LogP) is 2.67. The molecule has 0 radical (unpaired) electrons. The molecule has 0 aromatic carbocycles. The van der Waals surface area contributed by atoms with Crippen LogP contribution in [0.1, 0.15) is 26.2 Å². The largest absolute Gasteiger partial charge is 0.469 e. The molecule has 6 heteroatoms. The quantitative estimate of drug-likeness (QED) is 0.509. The number of allylic oxidation sites excluding steroid dienone is 3. The Balaban J connectivity index is 2.31. The smallest absolute Gasteiger partial charge is 0.305 e. The average molecular weight is 316 g/mol. The number of piperazine rings is 1. The number of nitrogens with zero attached hydrogens (tertiary/aromatic N) is 2. The van der Waals surface area contributed by atoms with Gasteiger partial charge >= 0.3 is 5.97 Å². The van der Waals surface area contributed by atoms with Gasteiger partial charge in [-0.15, -0.1) is 0 Å². The normalized spacial score (nSPS) is 17.5. The molecule has 1 aliphatic rings. The van der Waals surface area contributed by atoms with E-state index in [9.17, 15) is 13.6 Å². The average Bonchev–Trinajstić information content (AvgIpc) is 2.52. The first-order valence-electron chi connectivity index (χ1n) is 7.72. The summed E-state index contributed by atoms with van der Waals surface area (Å²) in [6.45, 7) is 6.39. The van der Waals surface area contributed by atoms with E-state index in [-0.39, 0.29) is 12.4 Å². The fourth-order valence-electron chi connectivity index (χ4n) is 2.45. The van der Waals surface area contributed by atoms with Gasteiger partial charge in [0.2, 0.25) is 6.43 Å². The molecule has 22 heavy (non-hydrogen) atoms.